The summed E-state index contributed by atoms with van der Waals surface area (Å²) < 4.78 is 0. The molecular formula is C12H15ClN2O3. The van der Waals surface area contributed by atoms with E-state index in [4.69, 9.17) is 16.7 Å². The summed E-state index contributed by atoms with van der Waals surface area (Å²) in [6, 6.07) is 2.14. The zero-order valence-electron chi connectivity index (χ0n) is 10.2. The van der Waals surface area contributed by atoms with E-state index in [-0.39, 0.29) is 16.6 Å². The Morgan fingerprint density at radius 1 is 1.50 bits per heavy atom. The summed E-state index contributed by atoms with van der Waals surface area (Å²) in [7, 11) is 0. The lowest BCUT2D eigenvalue weighted by atomic mass is 10.0. The van der Waals surface area contributed by atoms with Crippen molar-refractivity contribution in [3.63, 3.8) is 0 Å². The van der Waals surface area contributed by atoms with Crippen LogP contribution in [0, 0.1) is 5.92 Å². The van der Waals surface area contributed by atoms with E-state index < -0.39 is 17.9 Å². The molecule has 1 unspecified atom stereocenters. The molecule has 0 saturated heterocycles. The first-order valence-corrected chi connectivity index (χ1v) is 5.93. The highest BCUT2D eigenvalue weighted by Crippen LogP contribution is 2.12. The first-order valence-electron chi connectivity index (χ1n) is 5.56. The number of halogens is 1. The normalized spacial score (nSPS) is 12.2. The highest BCUT2D eigenvalue weighted by Gasteiger charge is 2.22. The molecule has 1 atom stereocenters. The Hall–Kier alpha value is -1.62. The number of nitrogens with one attached hydrogen (secondary N) is 1. The third-order valence-corrected chi connectivity index (χ3v) is 2.62. The lowest BCUT2D eigenvalue weighted by molar-refractivity contribution is -0.139. The second-order valence-corrected chi connectivity index (χ2v) is 4.69. The van der Waals surface area contributed by atoms with Gasteiger partial charge in [-0.15, -0.1) is 0 Å². The number of aliphatic carboxylic acids is 1. The molecule has 0 bridgehead atoms. The van der Waals surface area contributed by atoms with Gasteiger partial charge >= 0.3 is 5.97 Å². The van der Waals surface area contributed by atoms with E-state index in [9.17, 15) is 9.59 Å². The second kappa shape index (κ2) is 6.35. The van der Waals surface area contributed by atoms with Crippen molar-refractivity contribution in [1.82, 2.24) is 10.3 Å². The van der Waals surface area contributed by atoms with E-state index in [0.29, 0.717) is 6.42 Å². The van der Waals surface area contributed by atoms with Gasteiger partial charge in [0.25, 0.3) is 5.91 Å². The number of carboxylic acids is 1. The van der Waals surface area contributed by atoms with Crippen LogP contribution >= 0.6 is 11.6 Å². The van der Waals surface area contributed by atoms with Gasteiger partial charge in [0.2, 0.25) is 0 Å². The van der Waals surface area contributed by atoms with Crippen molar-refractivity contribution >= 4 is 23.5 Å². The maximum atomic E-state index is 11.9. The van der Waals surface area contributed by atoms with Gasteiger partial charge < -0.3 is 10.4 Å². The SMILES string of the molecule is CC(C)CC(NC(=O)c1cccnc1Cl)C(=O)O. The monoisotopic (exact) mass is 270 g/mol. The van der Waals surface area contributed by atoms with Crippen LogP contribution in [0.1, 0.15) is 30.6 Å². The lowest BCUT2D eigenvalue weighted by Crippen LogP contribution is -2.41. The van der Waals surface area contributed by atoms with E-state index >= 15 is 0 Å². The maximum Gasteiger partial charge on any atom is 0.326 e. The molecule has 0 aliphatic rings. The molecule has 1 aromatic rings. The minimum atomic E-state index is -1.06. The van der Waals surface area contributed by atoms with Crippen LogP contribution in [-0.4, -0.2) is 28.0 Å². The van der Waals surface area contributed by atoms with Crippen molar-refractivity contribution in [3.05, 3.63) is 29.0 Å². The van der Waals surface area contributed by atoms with Gasteiger partial charge in [-0.3, -0.25) is 4.79 Å². The number of rotatable bonds is 5. The summed E-state index contributed by atoms with van der Waals surface area (Å²) >= 11 is 5.77. The number of nitrogens with zero attached hydrogens (tertiary/aromatic N) is 1. The Kier molecular flexibility index (Phi) is 5.09. The van der Waals surface area contributed by atoms with Crippen molar-refractivity contribution < 1.29 is 14.7 Å². The molecule has 0 spiro atoms. The summed E-state index contributed by atoms with van der Waals surface area (Å²) in [6.45, 7) is 3.78. The summed E-state index contributed by atoms with van der Waals surface area (Å²) in [5.41, 5.74) is 0.175. The number of pyridine rings is 1. The molecule has 5 nitrogen and oxygen atoms in total. The number of carboxylic acid groups (broad SMARTS) is 1. The van der Waals surface area contributed by atoms with Gasteiger partial charge in [0.1, 0.15) is 11.2 Å². The maximum absolute atomic E-state index is 11.9. The van der Waals surface area contributed by atoms with Crippen LogP contribution in [0.2, 0.25) is 5.15 Å². The molecule has 1 amide bonds. The molecule has 1 heterocycles. The Morgan fingerprint density at radius 2 is 2.17 bits per heavy atom. The number of amides is 1. The van der Waals surface area contributed by atoms with Gasteiger partial charge in [-0.05, 0) is 24.5 Å². The summed E-state index contributed by atoms with van der Waals surface area (Å²) in [6.07, 6.45) is 1.82. The zero-order valence-corrected chi connectivity index (χ0v) is 10.9. The molecule has 0 aliphatic carbocycles. The Balaban J connectivity index is 2.79. The van der Waals surface area contributed by atoms with Crippen LogP contribution in [0.5, 0.6) is 0 Å². The van der Waals surface area contributed by atoms with Crippen molar-refractivity contribution in [3.8, 4) is 0 Å². The molecule has 0 aliphatic heterocycles. The Morgan fingerprint density at radius 3 is 2.67 bits per heavy atom. The predicted octanol–water partition coefficient (Wildman–Crippen LogP) is 1.96. The fourth-order valence-electron chi connectivity index (χ4n) is 1.48. The Bertz CT molecular complexity index is 449. The van der Waals surface area contributed by atoms with E-state index in [2.05, 4.69) is 10.3 Å². The van der Waals surface area contributed by atoms with E-state index in [1.807, 2.05) is 13.8 Å². The average molecular weight is 271 g/mol. The van der Waals surface area contributed by atoms with E-state index in [0.717, 1.165) is 0 Å². The average Bonchev–Trinajstić information content (AvgIpc) is 2.27. The first-order chi connectivity index (χ1) is 8.41. The lowest BCUT2D eigenvalue weighted by Gasteiger charge is -2.16. The van der Waals surface area contributed by atoms with Crippen molar-refractivity contribution in [2.45, 2.75) is 26.3 Å². The molecule has 0 saturated carbocycles. The largest absolute Gasteiger partial charge is 0.480 e. The van der Waals surface area contributed by atoms with Crippen LogP contribution in [0.15, 0.2) is 18.3 Å². The van der Waals surface area contributed by atoms with Gasteiger partial charge in [-0.25, -0.2) is 9.78 Å². The smallest absolute Gasteiger partial charge is 0.326 e. The van der Waals surface area contributed by atoms with Gasteiger partial charge in [-0.2, -0.15) is 0 Å². The first kappa shape index (κ1) is 14.4. The van der Waals surface area contributed by atoms with Crippen LogP contribution < -0.4 is 5.32 Å². The molecule has 0 fully saturated rings. The fraction of sp³-hybridized carbons (Fsp3) is 0.417. The molecular weight excluding hydrogens is 256 g/mol. The van der Waals surface area contributed by atoms with Crippen molar-refractivity contribution in [2.75, 3.05) is 0 Å². The molecule has 0 aromatic carbocycles. The van der Waals surface area contributed by atoms with Gasteiger partial charge in [-0.1, -0.05) is 25.4 Å². The zero-order chi connectivity index (χ0) is 13.7. The quantitative estimate of drug-likeness (QED) is 0.802. The number of hydrogen-bond donors (Lipinski definition) is 2. The molecule has 1 aromatic heterocycles. The predicted molar refractivity (Wildman–Crippen MR) is 67.6 cm³/mol. The number of carbonyl (C=O) groups excluding carboxylic acids is 1. The summed E-state index contributed by atoms with van der Waals surface area (Å²) in [5, 5.41) is 11.5. The third-order valence-electron chi connectivity index (χ3n) is 2.31. The van der Waals surface area contributed by atoms with Gasteiger partial charge in [0.05, 0.1) is 5.56 Å². The van der Waals surface area contributed by atoms with E-state index in [1.54, 1.807) is 6.07 Å². The molecule has 98 valence electrons. The fourth-order valence-corrected chi connectivity index (χ4v) is 1.69. The highest BCUT2D eigenvalue weighted by atomic mass is 35.5. The number of carbonyl (C=O) groups is 2. The molecule has 2 N–H and O–H groups in total. The van der Waals surface area contributed by atoms with Gasteiger partial charge in [0.15, 0.2) is 0 Å². The van der Waals surface area contributed by atoms with Gasteiger partial charge in [0, 0.05) is 6.20 Å². The Labute approximate surface area is 110 Å². The van der Waals surface area contributed by atoms with Crippen molar-refractivity contribution in [2.24, 2.45) is 5.92 Å². The minimum absolute atomic E-state index is 0.0590. The summed E-state index contributed by atoms with van der Waals surface area (Å²) in [5.74, 6) is -1.42. The van der Waals surface area contributed by atoms with Crippen LogP contribution in [-0.2, 0) is 4.79 Å². The van der Waals surface area contributed by atoms with Crippen molar-refractivity contribution in [1.29, 1.82) is 0 Å². The number of aromatic nitrogens is 1. The van der Waals surface area contributed by atoms with Crippen LogP contribution in [0.3, 0.4) is 0 Å². The molecule has 1 rings (SSSR count). The van der Waals surface area contributed by atoms with Crippen LogP contribution in [0.25, 0.3) is 0 Å². The standard InChI is InChI=1S/C12H15ClN2O3/c1-7(2)6-9(12(17)18)15-11(16)8-4-3-5-14-10(8)13/h3-5,7,9H,6H2,1-2H3,(H,15,16)(H,17,18). The van der Waals surface area contributed by atoms with Crippen LogP contribution in [0.4, 0.5) is 0 Å². The second-order valence-electron chi connectivity index (χ2n) is 4.34. The molecule has 18 heavy (non-hydrogen) atoms. The topological polar surface area (TPSA) is 79.3 Å². The summed E-state index contributed by atoms with van der Waals surface area (Å²) in [4.78, 5) is 26.7. The highest BCUT2D eigenvalue weighted by molar-refractivity contribution is 6.32. The third kappa shape index (κ3) is 4.00. The minimum Gasteiger partial charge on any atom is -0.480 e. The number of hydrogen-bond acceptors (Lipinski definition) is 3. The molecule has 6 heteroatoms. The molecule has 0 radical (unpaired) electrons. The van der Waals surface area contributed by atoms with E-state index in [1.165, 1.54) is 12.3 Å².